The minimum absolute atomic E-state index is 0.127. The molecule has 1 amide bonds. The number of alkyl halides is 1. The molecule has 0 spiro atoms. The van der Waals surface area contributed by atoms with Gasteiger partial charge in [0, 0.05) is 53.4 Å². The summed E-state index contributed by atoms with van der Waals surface area (Å²) < 4.78 is 16.1. The van der Waals surface area contributed by atoms with Gasteiger partial charge in [0.2, 0.25) is 0 Å². The maximum Gasteiger partial charge on any atom is 0.345 e. The lowest BCUT2D eigenvalue weighted by atomic mass is 9.95. The number of aromatic amines is 1. The quantitative estimate of drug-likeness (QED) is 0.130. The highest BCUT2D eigenvalue weighted by Gasteiger charge is 2.37. The van der Waals surface area contributed by atoms with Crippen LogP contribution in [0, 0.1) is 6.92 Å². The molecule has 0 unspecified atom stereocenters. The van der Waals surface area contributed by atoms with Gasteiger partial charge in [0.15, 0.2) is 5.75 Å². The molecule has 0 saturated heterocycles. The van der Waals surface area contributed by atoms with Crippen LogP contribution in [0.1, 0.15) is 43.5 Å². The molecule has 0 aliphatic carbocycles. The van der Waals surface area contributed by atoms with Crippen molar-refractivity contribution in [2.24, 2.45) is 0 Å². The Labute approximate surface area is 238 Å². The third-order valence-corrected chi connectivity index (χ3v) is 7.61. The molecule has 5 rings (SSSR count). The van der Waals surface area contributed by atoms with Crippen molar-refractivity contribution in [3.05, 3.63) is 88.9 Å². The van der Waals surface area contributed by atoms with Gasteiger partial charge in [-0.15, -0.1) is 0 Å². The second kappa shape index (κ2) is 11.4. The predicted octanol–water partition coefficient (Wildman–Crippen LogP) is 5.42. The molecule has 1 atom stereocenters. The van der Waals surface area contributed by atoms with Crippen molar-refractivity contribution in [2.75, 3.05) is 31.0 Å². The fourth-order valence-corrected chi connectivity index (χ4v) is 5.44. The normalized spacial score (nSPS) is 14.4. The third-order valence-electron chi connectivity index (χ3n) is 6.82. The Morgan fingerprint density at radius 3 is 2.58 bits per heavy atom. The fraction of sp³-hybridized carbons (Fsp3) is 0.200. The monoisotopic (exact) mass is 603 g/mol. The van der Waals surface area contributed by atoms with E-state index < -0.39 is 11.9 Å². The molecule has 0 bridgehead atoms. The van der Waals surface area contributed by atoms with Gasteiger partial charge in [0.1, 0.15) is 5.75 Å². The summed E-state index contributed by atoms with van der Waals surface area (Å²) >= 11 is 3.59. The van der Waals surface area contributed by atoms with Crippen LogP contribution in [0.3, 0.4) is 0 Å². The zero-order valence-corrected chi connectivity index (χ0v) is 23.7. The number of benzene rings is 2. The molecule has 40 heavy (non-hydrogen) atoms. The Kier molecular flexibility index (Phi) is 7.70. The molecule has 0 radical (unpaired) electrons. The van der Waals surface area contributed by atoms with E-state index in [9.17, 15) is 14.4 Å². The van der Waals surface area contributed by atoms with Crippen LogP contribution in [-0.4, -0.2) is 53.9 Å². The molecule has 0 saturated carbocycles. The minimum atomic E-state index is -0.617. The maximum absolute atomic E-state index is 13.5. The Morgan fingerprint density at radius 1 is 1.15 bits per heavy atom. The number of methoxy groups -OCH3 is 2. The molecule has 4 aromatic rings. The molecule has 204 valence electrons. The average molecular weight is 604 g/mol. The van der Waals surface area contributed by atoms with E-state index >= 15 is 0 Å². The van der Waals surface area contributed by atoms with E-state index in [0.29, 0.717) is 39.7 Å². The zero-order chi connectivity index (χ0) is 28.4. The highest BCUT2D eigenvalue weighted by atomic mass is 79.9. The second-order valence-corrected chi connectivity index (χ2v) is 9.86. The first-order chi connectivity index (χ1) is 19.4. The Hall–Kier alpha value is -4.44. The van der Waals surface area contributed by atoms with E-state index in [1.807, 2.05) is 24.3 Å². The summed E-state index contributed by atoms with van der Waals surface area (Å²) in [5, 5.41) is 1.11. The van der Waals surface area contributed by atoms with Crippen molar-refractivity contribution in [1.82, 2.24) is 9.97 Å². The number of hydrogen-bond acceptors (Lipinski definition) is 7. The standard InChI is InChI=1S/C30H26BrN3O6/c1-17-25(30(37)39-3)27-26-20(14-31)16-34(24(35)11-8-18-6-9-21(38-2)10-7-18)22(26)13-23(28(27)33-17)40-29(36)19-5-4-12-32-15-19/h4-13,15,20,33H,14,16H2,1-3H3/b11-8+/t20-/m1/s1. The first-order valence-electron chi connectivity index (χ1n) is 12.5. The van der Waals surface area contributed by atoms with Crippen LogP contribution >= 0.6 is 15.9 Å². The molecular weight excluding hydrogens is 578 g/mol. The highest BCUT2D eigenvalue weighted by Crippen LogP contribution is 2.47. The number of aromatic nitrogens is 2. The predicted molar refractivity (Wildman–Crippen MR) is 154 cm³/mol. The van der Waals surface area contributed by atoms with Crippen LogP contribution in [-0.2, 0) is 9.53 Å². The van der Waals surface area contributed by atoms with Gasteiger partial charge in [-0.3, -0.25) is 9.78 Å². The van der Waals surface area contributed by atoms with E-state index in [0.717, 1.165) is 16.9 Å². The van der Waals surface area contributed by atoms with Gasteiger partial charge in [-0.1, -0.05) is 28.1 Å². The lowest BCUT2D eigenvalue weighted by Crippen LogP contribution is -2.28. The number of aryl methyl sites for hydroxylation is 1. The smallest absolute Gasteiger partial charge is 0.345 e. The SMILES string of the molecule is COC(=O)c1c(C)[nH]c2c(OC(=O)c3cccnc3)cc3c(c12)[C@H](CBr)CN3C(=O)/C=C/c1ccc(OC)cc1. The van der Waals surface area contributed by atoms with Crippen LogP contribution in [0.5, 0.6) is 11.5 Å². The first kappa shape index (κ1) is 27.1. The van der Waals surface area contributed by atoms with Gasteiger partial charge in [-0.2, -0.15) is 0 Å². The minimum Gasteiger partial charge on any atom is -0.497 e. The van der Waals surface area contributed by atoms with Crippen LogP contribution in [0.4, 0.5) is 5.69 Å². The van der Waals surface area contributed by atoms with Gasteiger partial charge in [-0.25, -0.2) is 9.59 Å². The van der Waals surface area contributed by atoms with E-state index in [2.05, 4.69) is 25.9 Å². The van der Waals surface area contributed by atoms with Crippen LogP contribution < -0.4 is 14.4 Å². The molecule has 1 aliphatic rings. The van der Waals surface area contributed by atoms with E-state index in [-0.39, 0.29) is 23.1 Å². The number of esters is 2. The largest absolute Gasteiger partial charge is 0.497 e. The van der Waals surface area contributed by atoms with E-state index in [1.165, 1.54) is 19.4 Å². The Morgan fingerprint density at radius 2 is 1.93 bits per heavy atom. The number of halogens is 1. The molecule has 0 fully saturated rings. The van der Waals surface area contributed by atoms with Crippen molar-refractivity contribution in [3.8, 4) is 11.5 Å². The van der Waals surface area contributed by atoms with Crippen molar-refractivity contribution < 1.29 is 28.6 Å². The third kappa shape index (κ3) is 4.98. The number of H-pyrrole nitrogens is 1. The zero-order valence-electron chi connectivity index (χ0n) is 22.1. The van der Waals surface area contributed by atoms with Gasteiger partial charge < -0.3 is 24.1 Å². The van der Waals surface area contributed by atoms with Crippen LogP contribution in [0.2, 0.25) is 0 Å². The number of hydrogen-bond donors (Lipinski definition) is 1. The van der Waals surface area contributed by atoms with Gasteiger partial charge in [0.05, 0.1) is 36.6 Å². The topological polar surface area (TPSA) is 111 Å². The summed E-state index contributed by atoms with van der Waals surface area (Å²) in [7, 11) is 2.91. The number of rotatable bonds is 7. The summed E-state index contributed by atoms with van der Waals surface area (Å²) in [4.78, 5) is 48.3. The summed E-state index contributed by atoms with van der Waals surface area (Å²) in [6.07, 6.45) is 6.19. The number of carbonyl (C=O) groups is 3. The maximum atomic E-state index is 13.5. The Balaban J connectivity index is 1.62. The number of anilines is 1. The average Bonchev–Trinajstić information content (AvgIpc) is 3.53. The Bertz CT molecular complexity index is 1630. The van der Waals surface area contributed by atoms with Crippen molar-refractivity contribution in [1.29, 1.82) is 0 Å². The van der Waals surface area contributed by atoms with Gasteiger partial charge >= 0.3 is 11.9 Å². The van der Waals surface area contributed by atoms with Crippen molar-refractivity contribution in [2.45, 2.75) is 12.8 Å². The molecule has 1 N–H and O–H groups in total. The first-order valence-corrected chi connectivity index (χ1v) is 13.6. The number of amides is 1. The molecule has 2 aromatic carbocycles. The lowest BCUT2D eigenvalue weighted by molar-refractivity contribution is -0.114. The van der Waals surface area contributed by atoms with Crippen molar-refractivity contribution in [3.63, 3.8) is 0 Å². The molecule has 3 heterocycles. The number of fused-ring (bicyclic) bond motifs is 3. The fourth-order valence-electron chi connectivity index (χ4n) is 4.92. The van der Waals surface area contributed by atoms with Crippen LogP contribution in [0.25, 0.3) is 17.0 Å². The molecule has 10 heteroatoms. The van der Waals surface area contributed by atoms with Crippen molar-refractivity contribution >= 4 is 56.4 Å². The number of carbonyl (C=O) groups excluding carboxylic acids is 3. The van der Waals surface area contributed by atoms with Gasteiger partial charge in [-0.05, 0) is 48.4 Å². The summed E-state index contributed by atoms with van der Waals surface area (Å²) in [6.45, 7) is 2.12. The molecule has 9 nitrogen and oxygen atoms in total. The number of ether oxygens (including phenoxy) is 3. The number of nitrogens with one attached hydrogen (secondary N) is 1. The van der Waals surface area contributed by atoms with E-state index in [1.54, 1.807) is 49.4 Å². The summed E-state index contributed by atoms with van der Waals surface area (Å²) in [6, 6.07) is 12.3. The molecule has 1 aliphatic heterocycles. The number of nitrogens with zero attached hydrogens (tertiary/aromatic N) is 2. The van der Waals surface area contributed by atoms with Gasteiger partial charge in [0.25, 0.3) is 5.91 Å². The highest BCUT2D eigenvalue weighted by molar-refractivity contribution is 9.09. The second-order valence-electron chi connectivity index (χ2n) is 9.21. The lowest BCUT2D eigenvalue weighted by Gasteiger charge is -2.17. The summed E-state index contributed by atoms with van der Waals surface area (Å²) in [5.41, 5.74) is 3.82. The summed E-state index contributed by atoms with van der Waals surface area (Å²) in [5.74, 6) is -0.618. The molecular formula is C30H26BrN3O6. The number of pyridine rings is 1. The molecule has 2 aromatic heterocycles. The van der Waals surface area contributed by atoms with Crippen LogP contribution in [0.15, 0.2) is 60.9 Å². The van der Waals surface area contributed by atoms with E-state index in [4.69, 9.17) is 14.2 Å².